The average Bonchev–Trinajstić information content (AvgIpc) is 2.39. The van der Waals surface area contributed by atoms with Crippen LogP contribution >= 0.6 is 0 Å². The zero-order valence-corrected chi connectivity index (χ0v) is 10.5. The van der Waals surface area contributed by atoms with Crippen LogP contribution in [-0.4, -0.2) is 21.9 Å². The van der Waals surface area contributed by atoms with Gasteiger partial charge in [0.15, 0.2) is 0 Å². The largest absolute Gasteiger partial charge is 0.373 e. The second-order valence-electron chi connectivity index (χ2n) is 3.92. The Morgan fingerprint density at radius 2 is 1.95 bits per heavy atom. The normalized spacial score (nSPS) is 10.0. The molecule has 2 N–H and O–H groups in total. The molecule has 0 aliphatic rings. The minimum Gasteiger partial charge on any atom is -0.373 e. The molecule has 7 heteroatoms. The maximum atomic E-state index is 10.7. The highest BCUT2D eigenvalue weighted by molar-refractivity contribution is 5.59. The van der Waals surface area contributed by atoms with Gasteiger partial charge < -0.3 is 10.6 Å². The molecular formula is C12H13N5O2. The lowest BCUT2D eigenvalue weighted by molar-refractivity contribution is -0.385. The van der Waals surface area contributed by atoms with Gasteiger partial charge in [0.25, 0.3) is 5.69 Å². The van der Waals surface area contributed by atoms with Crippen molar-refractivity contribution >= 4 is 23.0 Å². The van der Waals surface area contributed by atoms with E-state index in [0.29, 0.717) is 11.4 Å². The van der Waals surface area contributed by atoms with Crippen molar-refractivity contribution < 1.29 is 4.92 Å². The molecule has 2 rings (SSSR count). The molecule has 7 nitrogen and oxygen atoms in total. The molecule has 19 heavy (non-hydrogen) atoms. The van der Waals surface area contributed by atoms with E-state index >= 15 is 0 Å². The van der Waals surface area contributed by atoms with Crippen LogP contribution in [-0.2, 0) is 0 Å². The van der Waals surface area contributed by atoms with Crippen molar-refractivity contribution in [3.05, 3.63) is 46.3 Å². The van der Waals surface area contributed by atoms with Crippen molar-refractivity contribution in [1.29, 1.82) is 0 Å². The van der Waals surface area contributed by atoms with Gasteiger partial charge in [-0.2, -0.15) is 0 Å². The summed E-state index contributed by atoms with van der Waals surface area (Å²) in [5, 5.41) is 16.6. The molecule has 0 aromatic carbocycles. The Kier molecular flexibility index (Phi) is 3.56. The molecule has 2 aromatic rings. The molecule has 0 amide bonds. The van der Waals surface area contributed by atoms with Gasteiger partial charge in [-0.3, -0.25) is 10.1 Å². The summed E-state index contributed by atoms with van der Waals surface area (Å²) in [4.78, 5) is 18.4. The van der Waals surface area contributed by atoms with Gasteiger partial charge >= 0.3 is 0 Å². The zero-order chi connectivity index (χ0) is 13.8. The number of pyridine rings is 2. The van der Waals surface area contributed by atoms with E-state index in [1.54, 1.807) is 26.2 Å². The molecule has 0 radical (unpaired) electrons. The van der Waals surface area contributed by atoms with Crippen LogP contribution in [0.15, 0.2) is 30.6 Å². The van der Waals surface area contributed by atoms with Crippen LogP contribution in [0.5, 0.6) is 0 Å². The first kappa shape index (κ1) is 12.7. The Hall–Kier alpha value is -2.70. The minimum atomic E-state index is -0.449. The lowest BCUT2D eigenvalue weighted by Crippen LogP contribution is -1.99. The van der Waals surface area contributed by atoms with Crippen LogP contribution < -0.4 is 10.6 Å². The first-order valence-electron chi connectivity index (χ1n) is 5.62. The van der Waals surface area contributed by atoms with E-state index in [9.17, 15) is 10.1 Å². The van der Waals surface area contributed by atoms with Crippen LogP contribution in [0.25, 0.3) is 0 Å². The molecule has 0 saturated heterocycles. The molecule has 2 heterocycles. The summed E-state index contributed by atoms with van der Waals surface area (Å²) in [6.45, 7) is 1.67. The number of hydrogen-bond acceptors (Lipinski definition) is 6. The number of nitro groups is 1. The summed E-state index contributed by atoms with van der Waals surface area (Å²) >= 11 is 0. The summed E-state index contributed by atoms with van der Waals surface area (Å²) in [5.41, 5.74) is 1.33. The predicted molar refractivity (Wildman–Crippen MR) is 72.7 cm³/mol. The van der Waals surface area contributed by atoms with Gasteiger partial charge in [-0.15, -0.1) is 0 Å². The third-order valence-electron chi connectivity index (χ3n) is 2.57. The minimum absolute atomic E-state index is 0.00852. The smallest absolute Gasteiger partial charge is 0.290 e. The van der Waals surface area contributed by atoms with Gasteiger partial charge in [0, 0.05) is 12.6 Å². The third-order valence-corrected chi connectivity index (χ3v) is 2.57. The number of anilines is 3. The van der Waals surface area contributed by atoms with E-state index in [-0.39, 0.29) is 5.69 Å². The van der Waals surface area contributed by atoms with Gasteiger partial charge in [-0.05, 0) is 25.1 Å². The SMILES string of the molecule is CNc1ccc(Nc2cc(C)c([N+](=O)[O-])cn2)cn1. The monoisotopic (exact) mass is 259 g/mol. The highest BCUT2D eigenvalue weighted by atomic mass is 16.6. The Bertz CT molecular complexity index is 598. The molecule has 0 aliphatic carbocycles. The van der Waals surface area contributed by atoms with E-state index in [0.717, 1.165) is 11.5 Å². The van der Waals surface area contributed by atoms with Crippen LogP contribution in [0.4, 0.5) is 23.0 Å². The van der Waals surface area contributed by atoms with Gasteiger partial charge in [-0.25, -0.2) is 9.97 Å². The first-order valence-corrected chi connectivity index (χ1v) is 5.62. The summed E-state index contributed by atoms with van der Waals surface area (Å²) in [6.07, 6.45) is 2.90. The van der Waals surface area contributed by atoms with E-state index in [2.05, 4.69) is 20.6 Å². The van der Waals surface area contributed by atoms with Gasteiger partial charge in [-0.1, -0.05) is 0 Å². The maximum absolute atomic E-state index is 10.7. The first-order chi connectivity index (χ1) is 9.10. The summed E-state index contributed by atoms with van der Waals surface area (Å²) in [5.74, 6) is 1.31. The fourth-order valence-electron chi connectivity index (χ4n) is 1.57. The average molecular weight is 259 g/mol. The molecule has 2 aromatic heterocycles. The second-order valence-corrected chi connectivity index (χ2v) is 3.92. The van der Waals surface area contributed by atoms with Crippen molar-refractivity contribution in [2.24, 2.45) is 0 Å². The number of rotatable bonds is 4. The van der Waals surface area contributed by atoms with Crippen molar-refractivity contribution in [1.82, 2.24) is 9.97 Å². The lowest BCUT2D eigenvalue weighted by Gasteiger charge is -2.06. The molecule has 0 aliphatic heterocycles. The Labute approximate surface area is 109 Å². The molecule has 0 bridgehead atoms. The highest BCUT2D eigenvalue weighted by Gasteiger charge is 2.11. The number of aromatic nitrogens is 2. The maximum Gasteiger partial charge on any atom is 0.290 e. The van der Waals surface area contributed by atoms with Crippen molar-refractivity contribution in [2.45, 2.75) is 6.92 Å². The topological polar surface area (TPSA) is 93.0 Å². The van der Waals surface area contributed by atoms with Crippen LogP contribution in [0.1, 0.15) is 5.56 Å². The Morgan fingerprint density at radius 3 is 2.47 bits per heavy atom. The number of nitrogens with one attached hydrogen (secondary N) is 2. The summed E-state index contributed by atoms with van der Waals surface area (Å²) in [6, 6.07) is 5.29. The van der Waals surface area contributed by atoms with Gasteiger partial charge in [0.1, 0.15) is 17.8 Å². The van der Waals surface area contributed by atoms with E-state index in [1.165, 1.54) is 6.20 Å². The van der Waals surface area contributed by atoms with Crippen molar-refractivity contribution in [2.75, 3.05) is 17.7 Å². The Morgan fingerprint density at radius 1 is 1.21 bits per heavy atom. The van der Waals surface area contributed by atoms with Gasteiger partial charge in [0.2, 0.25) is 0 Å². The molecule has 0 fully saturated rings. The fourth-order valence-corrected chi connectivity index (χ4v) is 1.57. The van der Waals surface area contributed by atoms with Crippen molar-refractivity contribution in [3.63, 3.8) is 0 Å². The van der Waals surface area contributed by atoms with Gasteiger partial charge in [0.05, 0.1) is 16.8 Å². The molecule has 0 saturated carbocycles. The lowest BCUT2D eigenvalue weighted by atomic mass is 10.2. The number of nitrogens with zero attached hydrogens (tertiary/aromatic N) is 3. The third kappa shape index (κ3) is 2.95. The molecular weight excluding hydrogens is 246 g/mol. The van der Waals surface area contributed by atoms with Crippen LogP contribution in [0.2, 0.25) is 0 Å². The van der Waals surface area contributed by atoms with Crippen LogP contribution in [0.3, 0.4) is 0 Å². The Balaban J connectivity index is 2.18. The number of aryl methyl sites for hydroxylation is 1. The van der Waals surface area contributed by atoms with Crippen molar-refractivity contribution in [3.8, 4) is 0 Å². The molecule has 0 unspecified atom stereocenters. The van der Waals surface area contributed by atoms with E-state index in [4.69, 9.17) is 0 Å². The molecule has 98 valence electrons. The molecule has 0 spiro atoms. The zero-order valence-electron chi connectivity index (χ0n) is 10.5. The standard InChI is InChI=1S/C12H13N5O2/c1-8-5-12(15-7-10(8)17(18)19)16-9-3-4-11(13-2)14-6-9/h3-7H,1-2H3,(H,13,14)(H,15,16). The van der Waals surface area contributed by atoms with E-state index < -0.39 is 4.92 Å². The predicted octanol–water partition coefficient (Wildman–Crippen LogP) is 2.48. The quantitative estimate of drug-likeness (QED) is 0.647. The number of hydrogen-bond donors (Lipinski definition) is 2. The summed E-state index contributed by atoms with van der Waals surface area (Å²) < 4.78 is 0. The van der Waals surface area contributed by atoms with E-state index in [1.807, 2.05) is 12.1 Å². The molecule has 0 atom stereocenters. The summed E-state index contributed by atoms with van der Waals surface area (Å²) in [7, 11) is 1.79. The van der Waals surface area contributed by atoms with Crippen LogP contribution in [0, 0.1) is 17.0 Å². The highest BCUT2D eigenvalue weighted by Crippen LogP contribution is 2.21. The fraction of sp³-hybridized carbons (Fsp3) is 0.167. The second kappa shape index (κ2) is 5.30.